The molecule has 0 spiro atoms. The fraction of sp³-hybridized carbons (Fsp3) is 0.550. The topological polar surface area (TPSA) is 87.1 Å². The van der Waals surface area contributed by atoms with Crippen LogP contribution in [0.25, 0.3) is 10.4 Å². The number of aryl methyl sites for hydroxylation is 1. The summed E-state index contributed by atoms with van der Waals surface area (Å²) >= 11 is 1.03. The van der Waals surface area contributed by atoms with Crippen molar-refractivity contribution in [3.05, 3.63) is 28.5 Å². The molecule has 0 aliphatic carbocycles. The van der Waals surface area contributed by atoms with E-state index in [0.29, 0.717) is 22.9 Å². The summed E-state index contributed by atoms with van der Waals surface area (Å²) < 4.78 is 27.5. The van der Waals surface area contributed by atoms with Crippen LogP contribution in [0, 0.1) is 12.3 Å². The first kappa shape index (κ1) is 23.2. The van der Waals surface area contributed by atoms with Crippen molar-refractivity contribution in [3.63, 3.8) is 0 Å². The molecule has 0 radical (unpaired) electrons. The van der Waals surface area contributed by atoms with Crippen LogP contribution in [0.4, 0.5) is 14.6 Å². The van der Waals surface area contributed by atoms with Gasteiger partial charge in [0, 0.05) is 30.4 Å². The van der Waals surface area contributed by atoms with Crippen LogP contribution in [0.5, 0.6) is 0 Å². The van der Waals surface area contributed by atoms with Crippen LogP contribution in [0.3, 0.4) is 0 Å². The zero-order valence-electron chi connectivity index (χ0n) is 17.6. The van der Waals surface area contributed by atoms with Crippen molar-refractivity contribution in [1.29, 1.82) is 0 Å². The van der Waals surface area contributed by atoms with Crippen LogP contribution in [-0.4, -0.2) is 39.7 Å². The van der Waals surface area contributed by atoms with Crippen LogP contribution < -0.4 is 10.6 Å². The van der Waals surface area contributed by atoms with Crippen LogP contribution in [0.15, 0.2) is 12.3 Å². The molecule has 0 aromatic carbocycles. The Balaban J connectivity index is 2.31. The SMILES string of the molecule is Cc1nc(C(=O)NCC(C)(C)O)sc1-c1cnc(NCC(C)(C)C)cc1C(F)F. The van der Waals surface area contributed by atoms with Gasteiger partial charge in [-0.1, -0.05) is 20.8 Å². The second-order valence-corrected chi connectivity index (χ2v) is 9.80. The van der Waals surface area contributed by atoms with Crippen LogP contribution >= 0.6 is 11.3 Å². The number of nitrogens with one attached hydrogen (secondary N) is 2. The minimum Gasteiger partial charge on any atom is -0.389 e. The molecule has 9 heteroatoms. The number of hydrogen-bond donors (Lipinski definition) is 3. The average molecular weight is 427 g/mol. The van der Waals surface area contributed by atoms with Gasteiger partial charge >= 0.3 is 0 Å². The molecule has 160 valence electrons. The minimum absolute atomic E-state index is 0.0228. The normalized spacial score (nSPS) is 12.3. The third-order valence-electron chi connectivity index (χ3n) is 3.89. The van der Waals surface area contributed by atoms with Gasteiger partial charge in [0.1, 0.15) is 5.82 Å². The number of alkyl halides is 2. The second kappa shape index (κ2) is 8.71. The third-order valence-corrected chi connectivity index (χ3v) is 5.08. The maximum atomic E-state index is 13.7. The van der Waals surface area contributed by atoms with Gasteiger partial charge in [0.15, 0.2) is 5.01 Å². The number of thiazole rings is 1. The van der Waals surface area contributed by atoms with E-state index in [-0.39, 0.29) is 28.1 Å². The van der Waals surface area contributed by atoms with Crippen molar-refractivity contribution < 1.29 is 18.7 Å². The highest BCUT2D eigenvalue weighted by Gasteiger charge is 2.23. The quantitative estimate of drug-likeness (QED) is 0.610. The lowest BCUT2D eigenvalue weighted by Gasteiger charge is -2.19. The molecular formula is C20H28F2N4O2S. The molecule has 1 amide bonds. The highest BCUT2D eigenvalue weighted by molar-refractivity contribution is 7.17. The molecule has 0 aliphatic rings. The maximum absolute atomic E-state index is 13.7. The molecule has 0 unspecified atom stereocenters. The van der Waals surface area contributed by atoms with E-state index in [2.05, 4.69) is 20.6 Å². The number of halogens is 2. The van der Waals surface area contributed by atoms with Crippen molar-refractivity contribution in [3.8, 4) is 10.4 Å². The first-order chi connectivity index (χ1) is 13.3. The fourth-order valence-corrected chi connectivity index (χ4v) is 3.42. The van der Waals surface area contributed by atoms with Gasteiger partial charge in [-0.15, -0.1) is 11.3 Å². The van der Waals surface area contributed by atoms with Gasteiger partial charge in [0.2, 0.25) is 0 Å². The number of nitrogens with zero attached hydrogens (tertiary/aromatic N) is 2. The molecule has 2 heterocycles. The largest absolute Gasteiger partial charge is 0.389 e. The predicted molar refractivity (Wildman–Crippen MR) is 112 cm³/mol. The highest BCUT2D eigenvalue weighted by Crippen LogP contribution is 2.37. The Kier molecular flexibility index (Phi) is 6.95. The number of rotatable bonds is 7. The molecule has 0 aliphatic heterocycles. The summed E-state index contributed by atoms with van der Waals surface area (Å²) in [7, 11) is 0. The molecule has 0 saturated heterocycles. The Bertz CT molecular complexity index is 870. The van der Waals surface area contributed by atoms with E-state index < -0.39 is 17.9 Å². The fourth-order valence-electron chi connectivity index (χ4n) is 2.41. The standard InChI is InChI=1S/C20H28F2N4O2S/c1-11-15(29-18(26-11)17(27)25-10-20(5,6)28)13-8-23-14(7-12(13)16(21)22)24-9-19(2,3)4/h7-8,16,28H,9-10H2,1-6H3,(H,23,24)(H,25,27). The van der Waals surface area contributed by atoms with E-state index in [1.165, 1.54) is 12.3 Å². The first-order valence-electron chi connectivity index (χ1n) is 9.27. The van der Waals surface area contributed by atoms with Gasteiger partial charge in [-0.2, -0.15) is 0 Å². The summed E-state index contributed by atoms with van der Waals surface area (Å²) in [6.45, 7) is 11.6. The van der Waals surface area contributed by atoms with E-state index in [9.17, 15) is 18.7 Å². The Morgan fingerprint density at radius 2 is 1.90 bits per heavy atom. The molecule has 0 atom stereocenters. The summed E-state index contributed by atoms with van der Waals surface area (Å²) in [6, 6.07) is 1.35. The predicted octanol–water partition coefficient (Wildman–Crippen LogP) is 4.41. The van der Waals surface area contributed by atoms with Gasteiger partial charge in [-0.3, -0.25) is 4.79 Å². The number of aliphatic hydroxyl groups is 1. The molecule has 3 N–H and O–H groups in total. The molecule has 2 aromatic heterocycles. The van der Waals surface area contributed by atoms with Gasteiger partial charge in [0.05, 0.1) is 16.2 Å². The molecule has 2 aromatic rings. The summed E-state index contributed by atoms with van der Waals surface area (Å²) in [5, 5.41) is 15.6. The Morgan fingerprint density at radius 3 is 2.45 bits per heavy atom. The summed E-state index contributed by atoms with van der Waals surface area (Å²) in [4.78, 5) is 21.2. The number of anilines is 1. The molecule has 0 bridgehead atoms. The maximum Gasteiger partial charge on any atom is 0.280 e. The number of carbonyl (C=O) groups excluding carboxylic acids is 1. The second-order valence-electron chi connectivity index (χ2n) is 8.80. The lowest BCUT2D eigenvalue weighted by atomic mass is 9.97. The van der Waals surface area contributed by atoms with E-state index in [4.69, 9.17) is 0 Å². The third kappa shape index (κ3) is 6.71. The Labute approximate surface area is 173 Å². The lowest BCUT2D eigenvalue weighted by Crippen LogP contribution is -2.38. The monoisotopic (exact) mass is 426 g/mol. The first-order valence-corrected chi connectivity index (χ1v) is 10.1. The lowest BCUT2D eigenvalue weighted by molar-refractivity contribution is 0.0694. The molecule has 0 saturated carbocycles. The van der Waals surface area contributed by atoms with E-state index in [1.807, 2.05) is 20.8 Å². The smallest absolute Gasteiger partial charge is 0.280 e. The summed E-state index contributed by atoms with van der Waals surface area (Å²) in [5.41, 5.74) is -0.509. The van der Waals surface area contributed by atoms with Crippen LogP contribution in [0.2, 0.25) is 0 Å². The summed E-state index contributed by atoms with van der Waals surface area (Å²) in [6.07, 6.45) is -1.30. The van der Waals surface area contributed by atoms with Crippen molar-refractivity contribution >= 4 is 23.1 Å². The van der Waals surface area contributed by atoms with E-state index in [0.717, 1.165) is 11.3 Å². The van der Waals surface area contributed by atoms with Crippen molar-refractivity contribution in [2.24, 2.45) is 5.41 Å². The molecule has 2 rings (SSSR count). The van der Waals surface area contributed by atoms with Gasteiger partial charge in [-0.25, -0.2) is 18.7 Å². The van der Waals surface area contributed by atoms with Crippen molar-refractivity contribution in [2.45, 2.75) is 53.6 Å². The summed E-state index contributed by atoms with van der Waals surface area (Å²) in [5.74, 6) is -0.0780. The number of aromatic nitrogens is 2. The van der Waals surface area contributed by atoms with Gasteiger partial charge < -0.3 is 15.7 Å². The molecule has 29 heavy (non-hydrogen) atoms. The highest BCUT2D eigenvalue weighted by atomic mass is 32.1. The van der Waals surface area contributed by atoms with E-state index >= 15 is 0 Å². The number of amides is 1. The minimum atomic E-state index is -2.70. The van der Waals surface area contributed by atoms with E-state index in [1.54, 1.807) is 20.8 Å². The van der Waals surface area contributed by atoms with Gasteiger partial charge in [-0.05, 0) is 32.3 Å². The zero-order chi connectivity index (χ0) is 22.0. The zero-order valence-corrected chi connectivity index (χ0v) is 18.4. The Morgan fingerprint density at radius 1 is 1.24 bits per heavy atom. The Hall–Kier alpha value is -2.13. The number of hydrogen-bond acceptors (Lipinski definition) is 6. The average Bonchev–Trinajstić information content (AvgIpc) is 2.98. The number of carbonyl (C=O) groups is 1. The van der Waals surface area contributed by atoms with Crippen LogP contribution in [0.1, 0.15) is 62.1 Å². The number of pyridine rings is 1. The molecular weight excluding hydrogens is 398 g/mol. The van der Waals surface area contributed by atoms with Crippen LogP contribution in [-0.2, 0) is 0 Å². The molecule has 6 nitrogen and oxygen atoms in total. The van der Waals surface area contributed by atoms with Gasteiger partial charge in [0.25, 0.3) is 12.3 Å². The van der Waals surface area contributed by atoms with Crippen molar-refractivity contribution in [1.82, 2.24) is 15.3 Å². The molecule has 0 fully saturated rings. The van der Waals surface area contributed by atoms with Crippen molar-refractivity contribution in [2.75, 3.05) is 18.4 Å².